The minimum absolute atomic E-state index is 0.226. The maximum absolute atomic E-state index is 8.73. The van der Waals surface area contributed by atoms with Crippen molar-refractivity contribution in [2.45, 2.75) is 6.42 Å². The number of rotatable bonds is 3. The van der Waals surface area contributed by atoms with Gasteiger partial charge in [0.05, 0.1) is 0 Å². The number of thioether (sulfide) groups is 1. The van der Waals surface area contributed by atoms with Crippen LogP contribution in [0.2, 0.25) is 0 Å². The van der Waals surface area contributed by atoms with Crippen LogP contribution in [0.15, 0.2) is 20.9 Å². The molecular weight excluding hydrogens is 241 g/mol. The average molecular weight is 254 g/mol. The lowest BCUT2D eigenvalue weighted by Gasteiger charge is -2.29. The van der Waals surface area contributed by atoms with Crippen molar-refractivity contribution in [3.8, 4) is 0 Å². The Balaban J connectivity index is 2.52. The summed E-state index contributed by atoms with van der Waals surface area (Å²) in [4.78, 5) is 4.42. The first-order chi connectivity index (χ1) is 6.80. The van der Waals surface area contributed by atoms with Gasteiger partial charge in [0.15, 0.2) is 0 Å². The van der Waals surface area contributed by atoms with E-state index in [0.717, 1.165) is 35.9 Å². The monoisotopic (exact) mass is 253 g/mol. The van der Waals surface area contributed by atoms with E-state index in [4.69, 9.17) is 28.3 Å². The van der Waals surface area contributed by atoms with Crippen LogP contribution in [0.1, 0.15) is 6.42 Å². The summed E-state index contributed by atoms with van der Waals surface area (Å²) in [7, 11) is 0. The fraction of sp³-hybridized carbons (Fsp3) is 0.556. The SMILES string of the molecule is OCCCN1C/C(=C\Cl)S/C(=C/Cl)C1. The van der Waals surface area contributed by atoms with Gasteiger partial charge in [0.1, 0.15) is 0 Å². The van der Waals surface area contributed by atoms with Crippen LogP contribution in [0.25, 0.3) is 0 Å². The van der Waals surface area contributed by atoms with E-state index in [2.05, 4.69) is 4.90 Å². The van der Waals surface area contributed by atoms with Gasteiger partial charge in [0.2, 0.25) is 0 Å². The lowest BCUT2D eigenvalue weighted by atomic mass is 10.3. The average Bonchev–Trinajstić information content (AvgIpc) is 2.25. The molecule has 1 N–H and O–H groups in total. The number of hydrogen-bond acceptors (Lipinski definition) is 3. The highest BCUT2D eigenvalue weighted by Gasteiger charge is 2.17. The largest absolute Gasteiger partial charge is 0.396 e. The molecule has 0 aromatic rings. The predicted octanol–water partition coefficient (Wildman–Crippen LogP) is 2.58. The van der Waals surface area contributed by atoms with Crippen molar-refractivity contribution in [3.63, 3.8) is 0 Å². The smallest absolute Gasteiger partial charge is 0.0443 e. The number of nitrogens with zero attached hydrogens (tertiary/aromatic N) is 1. The Hall–Kier alpha value is 0.330. The first-order valence-electron chi connectivity index (χ1n) is 4.39. The van der Waals surface area contributed by atoms with Crippen LogP contribution in [0, 0.1) is 0 Å². The number of aliphatic hydroxyl groups is 1. The highest BCUT2D eigenvalue weighted by atomic mass is 35.5. The molecule has 0 atom stereocenters. The van der Waals surface area contributed by atoms with E-state index in [1.165, 1.54) is 0 Å². The van der Waals surface area contributed by atoms with Gasteiger partial charge in [-0.25, -0.2) is 0 Å². The van der Waals surface area contributed by atoms with Crippen molar-refractivity contribution in [3.05, 3.63) is 20.9 Å². The molecule has 5 heteroatoms. The van der Waals surface area contributed by atoms with Crippen LogP contribution in [0.5, 0.6) is 0 Å². The maximum atomic E-state index is 8.73. The molecule has 0 spiro atoms. The molecule has 0 radical (unpaired) electrons. The highest BCUT2D eigenvalue weighted by Crippen LogP contribution is 2.32. The molecule has 0 bridgehead atoms. The molecule has 1 aliphatic heterocycles. The summed E-state index contributed by atoms with van der Waals surface area (Å²) in [6.07, 6.45) is 0.787. The molecule has 0 amide bonds. The van der Waals surface area contributed by atoms with E-state index in [9.17, 15) is 0 Å². The van der Waals surface area contributed by atoms with E-state index in [1.807, 2.05) is 0 Å². The molecule has 0 saturated carbocycles. The van der Waals surface area contributed by atoms with Gasteiger partial charge in [-0.1, -0.05) is 35.0 Å². The molecular formula is C9H13Cl2NOS. The molecule has 0 aromatic heterocycles. The molecule has 0 aromatic carbocycles. The molecule has 0 unspecified atom stereocenters. The highest BCUT2D eigenvalue weighted by molar-refractivity contribution is 8.06. The predicted molar refractivity (Wildman–Crippen MR) is 63.6 cm³/mol. The van der Waals surface area contributed by atoms with Crippen LogP contribution in [-0.4, -0.2) is 36.2 Å². The summed E-state index contributed by atoms with van der Waals surface area (Å²) >= 11 is 13.0. The lowest BCUT2D eigenvalue weighted by Crippen LogP contribution is -2.31. The number of hydrogen-bond donors (Lipinski definition) is 1. The maximum Gasteiger partial charge on any atom is 0.0443 e. The van der Waals surface area contributed by atoms with E-state index in [0.29, 0.717) is 0 Å². The van der Waals surface area contributed by atoms with Gasteiger partial charge in [-0.15, -0.1) is 0 Å². The Morgan fingerprint density at radius 1 is 1.29 bits per heavy atom. The summed E-state index contributed by atoms with van der Waals surface area (Å²) in [6, 6.07) is 0. The summed E-state index contributed by atoms with van der Waals surface area (Å²) < 4.78 is 0. The van der Waals surface area contributed by atoms with Crippen LogP contribution in [0.4, 0.5) is 0 Å². The number of aliphatic hydroxyl groups excluding tert-OH is 1. The fourth-order valence-corrected chi connectivity index (χ4v) is 2.62. The molecule has 1 fully saturated rings. The summed E-state index contributed by atoms with van der Waals surface area (Å²) in [5.41, 5.74) is 3.19. The summed E-state index contributed by atoms with van der Waals surface area (Å²) in [5, 5.41) is 8.73. The molecule has 1 rings (SSSR count). The van der Waals surface area contributed by atoms with Gasteiger partial charge in [-0.3, -0.25) is 4.90 Å². The van der Waals surface area contributed by atoms with Crippen LogP contribution < -0.4 is 0 Å². The normalized spacial score (nSPS) is 24.8. The molecule has 14 heavy (non-hydrogen) atoms. The number of halogens is 2. The Morgan fingerprint density at radius 3 is 2.29 bits per heavy atom. The molecule has 1 saturated heterocycles. The van der Waals surface area contributed by atoms with Gasteiger partial charge in [0.25, 0.3) is 0 Å². The minimum atomic E-state index is 0.226. The van der Waals surface area contributed by atoms with Crippen molar-refractivity contribution < 1.29 is 5.11 Å². The summed E-state index contributed by atoms with van der Waals surface area (Å²) in [5.74, 6) is 0. The van der Waals surface area contributed by atoms with E-state index in [1.54, 1.807) is 22.8 Å². The topological polar surface area (TPSA) is 23.5 Å². The third kappa shape index (κ3) is 3.83. The zero-order chi connectivity index (χ0) is 10.4. The minimum Gasteiger partial charge on any atom is -0.396 e. The van der Waals surface area contributed by atoms with Crippen molar-refractivity contribution in [1.29, 1.82) is 0 Å². The third-order valence-electron chi connectivity index (χ3n) is 1.90. The quantitative estimate of drug-likeness (QED) is 0.837. The van der Waals surface area contributed by atoms with Gasteiger partial charge in [0, 0.05) is 47.1 Å². The van der Waals surface area contributed by atoms with Gasteiger partial charge in [-0.2, -0.15) is 0 Å². The Bertz CT molecular complexity index is 223. The standard InChI is InChI=1S/C9H13Cl2NOS/c10-4-8-6-12(2-1-3-13)7-9(5-11)14-8/h4-5,13H,1-3,6-7H2/b8-4+,9-5+. The van der Waals surface area contributed by atoms with E-state index < -0.39 is 0 Å². The molecule has 1 aliphatic rings. The Labute approximate surface area is 98.6 Å². The summed E-state index contributed by atoms with van der Waals surface area (Å²) in [6.45, 7) is 2.80. The molecule has 0 aliphatic carbocycles. The zero-order valence-electron chi connectivity index (χ0n) is 7.75. The second kappa shape index (κ2) is 6.75. The van der Waals surface area contributed by atoms with E-state index >= 15 is 0 Å². The second-order valence-electron chi connectivity index (χ2n) is 3.04. The Morgan fingerprint density at radius 2 is 1.86 bits per heavy atom. The van der Waals surface area contributed by atoms with Crippen LogP contribution in [0.3, 0.4) is 0 Å². The first kappa shape index (κ1) is 12.4. The molecule has 1 heterocycles. The van der Waals surface area contributed by atoms with Crippen molar-refractivity contribution in [1.82, 2.24) is 4.90 Å². The second-order valence-corrected chi connectivity index (χ2v) is 4.73. The van der Waals surface area contributed by atoms with E-state index in [-0.39, 0.29) is 6.61 Å². The van der Waals surface area contributed by atoms with Crippen LogP contribution >= 0.6 is 35.0 Å². The van der Waals surface area contributed by atoms with Crippen molar-refractivity contribution in [2.24, 2.45) is 0 Å². The van der Waals surface area contributed by atoms with Gasteiger partial charge >= 0.3 is 0 Å². The van der Waals surface area contributed by atoms with Gasteiger partial charge in [-0.05, 0) is 6.42 Å². The lowest BCUT2D eigenvalue weighted by molar-refractivity contribution is 0.244. The van der Waals surface area contributed by atoms with Crippen molar-refractivity contribution >= 4 is 35.0 Å². The Kier molecular flexibility index (Phi) is 5.98. The fourth-order valence-electron chi connectivity index (χ4n) is 1.30. The molecule has 2 nitrogen and oxygen atoms in total. The third-order valence-corrected chi connectivity index (χ3v) is 3.70. The van der Waals surface area contributed by atoms with Gasteiger partial charge < -0.3 is 5.11 Å². The first-order valence-corrected chi connectivity index (χ1v) is 6.08. The van der Waals surface area contributed by atoms with Crippen molar-refractivity contribution in [2.75, 3.05) is 26.2 Å². The molecule has 80 valence electrons. The van der Waals surface area contributed by atoms with Crippen LogP contribution in [-0.2, 0) is 0 Å². The zero-order valence-corrected chi connectivity index (χ0v) is 10.1.